The van der Waals surface area contributed by atoms with Gasteiger partial charge in [-0.3, -0.25) is 4.79 Å². The molecule has 5 heteroatoms. The van der Waals surface area contributed by atoms with Crippen LogP contribution < -0.4 is 5.32 Å². The maximum Gasteiger partial charge on any atom is 0.224 e. The third-order valence-electron chi connectivity index (χ3n) is 5.25. The molecular weight excluding hydrogens is 358 g/mol. The van der Waals surface area contributed by atoms with Crippen molar-refractivity contribution in [3.63, 3.8) is 0 Å². The van der Waals surface area contributed by atoms with Crippen molar-refractivity contribution in [2.45, 2.75) is 25.3 Å². The van der Waals surface area contributed by atoms with E-state index in [0.717, 1.165) is 5.56 Å². The molecule has 1 aliphatic carbocycles. The van der Waals surface area contributed by atoms with Gasteiger partial charge in [0.1, 0.15) is 5.82 Å². The van der Waals surface area contributed by atoms with Crippen LogP contribution in [-0.4, -0.2) is 10.9 Å². The third kappa shape index (κ3) is 3.65. The second kappa shape index (κ2) is 7.50. The van der Waals surface area contributed by atoms with Gasteiger partial charge in [0.15, 0.2) is 0 Å². The van der Waals surface area contributed by atoms with Gasteiger partial charge in [-0.1, -0.05) is 36.4 Å². The zero-order valence-corrected chi connectivity index (χ0v) is 15.4. The highest BCUT2D eigenvalue weighted by Gasteiger charge is 2.45. The Morgan fingerprint density at radius 2 is 1.93 bits per heavy atom. The van der Waals surface area contributed by atoms with Gasteiger partial charge in [0, 0.05) is 17.7 Å². The number of rotatable bonds is 5. The number of aromatic nitrogens is 1. The zero-order chi connectivity index (χ0) is 19.7. The van der Waals surface area contributed by atoms with Crippen LogP contribution in [0.25, 0.3) is 11.1 Å². The summed E-state index contributed by atoms with van der Waals surface area (Å²) in [4.78, 5) is 16.3. The van der Waals surface area contributed by atoms with Gasteiger partial charge in [-0.2, -0.15) is 4.39 Å². The Morgan fingerprint density at radius 1 is 1.11 bits per heavy atom. The van der Waals surface area contributed by atoms with E-state index in [-0.39, 0.29) is 29.6 Å². The molecule has 3 aromatic rings. The number of hydrogen-bond acceptors (Lipinski definition) is 2. The lowest BCUT2D eigenvalue weighted by Crippen LogP contribution is -2.28. The molecule has 1 fully saturated rings. The monoisotopic (exact) mass is 378 g/mol. The summed E-state index contributed by atoms with van der Waals surface area (Å²) < 4.78 is 27.9. The Bertz CT molecular complexity index is 1020. The van der Waals surface area contributed by atoms with Crippen molar-refractivity contribution >= 4 is 5.91 Å². The molecule has 28 heavy (non-hydrogen) atoms. The van der Waals surface area contributed by atoms with Crippen molar-refractivity contribution < 1.29 is 13.6 Å². The van der Waals surface area contributed by atoms with Gasteiger partial charge >= 0.3 is 0 Å². The quantitative estimate of drug-likeness (QED) is 0.634. The second-order valence-electron chi connectivity index (χ2n) is 7.17. The second-order valence-corrected chi connectivity index (χ2v) is 7.17. The molecule has 1 aromatic heterocycles. The maximum atomic E-state index is 14.0. The lowest BCUT2D eigenvalue weighted by molar-refractivity contribution is -0.123. The summed E-state index contributed by atoms with van der Waals surface area (Å²) in [7, 11) is 0. The van der Waals surface area contributed by atoms with E-state index in [1.165, 1.54) is 12.3 Å². The summed E-state index contributed by atoms with van der Waals surface area (Å²) in [5.74, 6) is -1.15. The number of carbonyl (C=O) groups excluding carboxylic acids is 1. The van der Waals surface area contributed by atoms with Gasteiger partial charge in [0.25, 0.3) is 0 Å². The van der Waals surface area contributed by atoms with E-state index in [4.69, 9.17) is 0 Å². The first-order valence-corrected chi connectivity index (χ1v) is 9.30. The largest absolute Gasteiger partial charge is 0.349 e. The molecule has 2 aromatic carbocycles. The minimum absolute atomic E-state index is 0.0655. The molecule has 0 spiro atoms. The van der Waals surface area contributed by atoms with E-state index in [9.17, 15) is 13.6 Å². The fourth-order valence-corrected chi connectivity index (χ4v) is 3.58. The van der Waals surface area contributed by atoms with Crippen molar-refractivity contribution in [1.82, 2.24) is 10.3 Å². The standard InChI is InChI=1S/C23H20F2N2O/c1-14(15-6-4-7-16(12-15)17-9-5-11-26-22(17)25)27-23(28)20-13-19(20)18-8-2-3-10-21(18)24/h2-12,14,19-20H,13H2,1H3,(H,27,28). The van der Waals surface area contributed by atoms with Crippen LogP contribution in [-0.2, 0) is 4.79 Å². The molecule has 0 saturated heterocycles. The lowest BCUT2D eigenvalue weighted by Gasteiger charge is -2.16. The molecule has 3 nitrogen and oxygen atoms in total. The number of pyridine rings is 1. The first kappa shape index (κ1) is 18.3. The SMILES string of the molecule is CC(NC(=O)C1CC1c1ccccc1F)c1cccc(-c2cccnc2F)c1. The van der Waals surface area contributed by atoms with E-state index < -0.39 is 5.95 Å². The smallest absolute Gasteiger partial charge is 0.224 e. The third-order valence-corrected chi connectivity index (χ3v) is 5.25. The Morgan fingerprint density at radius 3 is 2.71 bits per heavy atom. The Balaban J connectivity index is 1.45. The highest BCUT2D eigenvalue weighted by atomic mass is 19.1. The molecule has 1 heterocycles. The molecular formula is C23H20F2N2O. The highest BCUT2D eigenvalue weighted by molar-refractivity contribution is 5.83. The van der Waals surface area contributed by atoms with Gasteiger partial charge in [-0.05, 0) is 60.2 Å². The van der Waals surface area contributed by atoms with Crippen molar-refractivity contribution in [1.29, 1.82) is 0 Å². The van der Waals surface area contributed by atoms with Crippen molar-refractivity contribution in [3.8, 4) is 11.1 Å². The predicted molar refractivity (Wildman–Crippen MR) is 103 cm³/mol. The zero-order valence-electron chi connectivity index (χ0n) is 15.4. The minimum Gasteiger partial charge on any atom is -0.349 e. The van der Waals surface area contributed by atoms with Gasteiger partial charge in [-0.25, -0.2) is 9.37 Å². The molecule has 1 saturated carbocycles. The van der Waals surface area contributed by atoms with Crippen molar-refractivity contribution in [2.75, 3.05) is 0 Å². The molecule has 0 bridgehead atoms. The number of carbonyl (C=O) groups is 1. The fraction of sp³-hybridized carbons (Fsp3) is 0.217. The Labute approximate surface area is 162 Å². The molecule has 3 unspecified atom stereocenters. The van der Waals surface area contributed by atoms with E-state index in [0.29, 0.717) is 23.1 Å². The Hall–Kier alpha value is -3.08. The van der Waals surface area contributed by atoms with Crippen molar-refractivity contribution in [2.24, 2.45) is 5.92 Å². The molecule has 3 atom stereocenters. The molecule has 0 aliphatic heterocycles. The topological polar surface area (TPSA) is 42.0 Å². The summed E-state index contributed by atoms with van der Waals surface area (Å²) >= 11 is 0. The van der Waals surface area contributed by atoms with Crippen LogP contribution in [0.4, 0.5) is 8.78 Å². The Kier molecular flexibility index (Phi) is 4.90. The van der Waals surface area contributed by atoms with E-state index in [1.807, 2.05) is 31.2 Å². The van der Waals surface area contributed by atoms with Gasteiger partial charge in [0.2, 0.25) is 11.9 Å². The van der Waals surface area contributed by atoms with Crippen LogP contribution in [0, 0.1) is 17.7 Å². The summed E-state index contributed by atoms with van der Waals surface area (Å²) in [5.41, 5.74) is 2.60. The van der Waals surface area contributed by atoms with E-state index in [1.54, 1.807) is 30.3 Å². The average molecular weight is 378 g/mol. The number of nitrogens with zero attached hydrogens (tertiary/aromatic N) is 1. The van der Waals surface area contributed by atoms with Gasteiger partial charge in [0.05, 0.1) is 6.04 Å². The number of amides is 1. The van der Waals surface area contributed by atoms with Crippen molar-refractivity contribution in [3.05, 3.63) is 89.8 Å². The van der Waals surface area contributed by atoms with E-state index >= 15 is 0 Å². The number of benzene rings is 2. The number of nitrogens with one attached hydrogen (secondary N) is 1. The van der Waals surface area contributed by atoms with E-state index in [2.05, 4.69) is 10.3 Å². The average Bonchev–Trinajstić information content (AvgIpc) is 3.49. The highest BCUT2D eigenvalue weighted by Crippen LogP contribution is 2.48. The molecule has 0 radical (unpaired) electrons. The maximum absolute atomic E-state index is 14.0. The minimum atomic E-state index is -0.526. The first-order chi connectivity index (χ1) is 13.5. The van der Waals surface area contributed by atoms with Crippen LogP contribution in [0.15, 0.2) is 66.9 Å². The van der Waals surface area contributed by atoms with Crippen LogP contribution in [0.5, 0.6) is 0 Å². The summed E-state index contributed by atoms with van der Waals surface area (Å²) in [5, 5.41) is 3.00. The molecule has 142 valence electrons. The van der Waals surface area contributed by atoms with Crippen LogP contribution in [0.3, 0.4) is 0 Å². The summed E-state index contributed by atoms with van der Waals surface area (Å²) in [6.07, 6.45) is 2.06. The lowest BCUT2D eigenvalue weighted by atomic mass is 10.0. The van der Waals surface area contributed by atoms with Crippen LogP contribution in [0.2, 0.25) is 0 Å². The molecule has 4 rings (SSSR count). The normalized spacial score (nSPS) is 19.1. The van der Waals surface area contributed by atoms with Crippen LogP contribution in [0.1, 0.15) is 36.4 Å². The van der Waals surface area contributed by atoms with Crippen LogP contribution >= 0.6 is 0 Å². The first-order valence-electron chi connectivity index (χ1n) is 9.30. The summed E-state index contributed by atoms with van der Waals surface area (Å²) in [6, 6.07) is 17.1. The number of hydrogen-bond donors (Lipinski definition) is 1. The number of halogens is 2. The van der Waals surface area contributed by atoms with Gasteiger partial charge in [-0.15, -0.1) is 0 Å². The molecule has 1 N–H and O–H groups in total. The predicted octanol–water partition coefficient (Wildman–Crippen LogP) is 5.01. The molecule has 1 aliphatic rings. The molecule has 1 amide bonds. The summed E-state index contributed by atoms with van der Waals surface area (Å²) in [6.45, 7) is 1.89. The van der Waals surface area contributed by atoms with Gasteiger partial charge < -0.3 is 5.32 Å². The fourth-order valence-electron chi connectivity index (χ4n) is 3.58.